The summed E-state index contributed by atoms with van der Waals surface area (Å²) in [7, 11) is 1.33. The molecule has 122 valence electrons. The summed E-state index contributed by atoms with van der Waals surface area (Å²) in [6, 6.07) is 7.13. The van der Waals surface area contributed by atoms with E-state index in [-0.39, 0.29) is 18.3 Å². The summed E-state index contributed by atoms with van der Waals surface area (Å²) >= 11 is 0. The van der Waals surface area contributed by atoms with Gasteiger partial charge in [0.2, 0.25) is 0 Å². The molecule has 1 fully saturated rings. The quantitative estimate of drug-likeness (QED) is 0.761. The van der Waals surface area contributed by atoms with Crippen LogP contribution >= 0.6 is 0 Å². The van der Waals surface area contributed by atoms with Crippen molar-refractivity contribution in [1.82, 2.24) is 9.78 Å². The number of carbonyl (C=O) groups excluding carboxylic acids is 1. The van der Waals surface area contributed by atoms with Crippen LogP contribution in [0.2, 0.25) is 0 Å². The molecule has 1 aliphatic heterocycles. The van der Waals surface area contributed by atoms with Crippen molar-refractivity contribution in [3.63, 3.8) is 0 Å². The van der Waals surface area contributed by atoms with Crippen LogP contribution in [0, 0.1) is 0 Å². The minimum Gasteiger partial charge on any atom is -0.469 e. The van der Waals surface area contributed by atoms with E-state index >= 15 is 0 Å². The maximum absolute atomic E-state index is 12.5. The molecule has 0 aliphatic carbocycles. The van der Waals surface area contributed by atoms with Crippen molar-refractivity contribution in [2.75, 3.05) is 20.3 Å². The van der Waals surface area contributed by atoms with Gasteiger partial charge in [-0.1, -0.05) is 18.2 Å². The van der Waals surface area contributed by atoms with Crippen LogP contribution < -0.4 is 5.56 Å². The van der Waals surface area contributed by atoms with Gasteiger partial charge in [-0.15, -0.1) is 0 Å². The lowest BCUT2D eigenvalue weighted by molar-refractivity contribution is -0.139. The number of esters is 1. The number of aromatic nitrogens is 2. The summed E-state index contributed by atoms with van der Waals surface area (Å²) in [5.74, 6) is -0.393. The highest BCUT2D eigenvalue weighted by molar-refractivity contribution is 5.86. The molecular formula is C16H18N2O5. The molecule has 0 atom stereocenters. The molecule has 2 heterocycles. The number of methoxy groups -OCH3 is 1. The monoisotopic (exact) mass is 318 g/mol. The first-order chi connectivity index (χ1) is 11.2. The van der Waals surface area contributed by atoms with Gasteiger partial charge in [-0.3, -0.25) is 9.59 Å². The van der Waals surface area contributed by atoms with Crippen molar-refractivity contribution >= 4 is 16.7 Å². The Balaban J connectivity index is 1.94. The summed E-state index contributed by atoms with van der Waals surface area (Å²) in [5.41, 5.74) is 0.340. The molecule has 1 aromatic carbocycles. The Morgan fingerprint density at radius 1 is 1.30 bits per heavy atom. The molecular weight excluding hydrogens is 300 g/mol. The fourth-order valence-corrected chi connectivity index (χ4v) is 2.60. The average molecular weight is 318 g/mol. The number of hydrogen-bond donors (Lipinski definition) is 0. The first kappa shape index (κ1) is 15.6. The first-order valence-electron chi connectivity index (χ1n) is 7.48. The fourth-order valence-electron chi connectivity index (χ4n) is 2.60. The first-order valence-corrected chi connectivity index (χ1v) is 7.48. The van der Waals surface area contributed by atoms with Crippen molar-refractivity contribution in [2.24, 2.45) is 0 Å². The second-order valence-electron chi connectivity index (χ2n) is 5.23. The normalized spacial score (nSPS) is 15.2. The van der Waals surface area contributed by atoms with Gasteiger partial charge in [0.1, 0.15) is 0 Å². The maximum atomic E-state index is 12.5. The van der Waals surface area contributed by atoms with Gasteiger partial charge in [0.05, 0.1) is 37.8 Å². The van der Waals surface area contributed by atoms with Crippen LogP contribution in [-0.4, -0.2) is 42.4 Å². The van der Waals surface area contributed by atoms with Gasteiger partial charge < -0.3 is 14.2 Å². The molecule has 1 saturated heterocycles. The Labute approximate surface area is 132 Å². The third-order valence-corrected chi connectivity index (χ3v) is 3.75. The molecule has 0 spiro atoms. The number of carbonyl (C=O) groups is 1. The van der Waals surface area contributed by atoms with E-state index in [4.69, 9.17) is 14.2 Å². The molecule has 0 bridgehead atoms. The number of benzene rings is 1. The Hall–Kier alpha value is -2.25. The van der Waals surface area contributed by atoms with E-state index in [9.17, 15) is 9.59 Å². The standard InChI is InChI=1S/C16H18N2O5/c1-21-14(19)10-13-11-4-2-3-5-12(11)16(20)18(17-13)7-6-15-22-8-9-23-15/h2-5,15H,6-10H2,1H3. The highest BCUT2D eigenvalue weighted by Gasteiger charge is 2.18. The minimum absolute atomic E-state index is 0.0215. The van der Waals surface area contributed by atoms with Crippen LogP contribution in [0.25, 0.3) is 10.8 Å². The topological polar surface area (TPSA) is 79.7 Å². The smallest absolute Gasteiger partial charge is 0.311 e. The highest BCUT2D eigenvalue weighted by atomic mass is 16.7. The molecule has 0 N–H and O–H groups in total. The van der Waals surface area contributed by atoms with Crippen LogP contribution in [0.5, 0.6) is 0 Å². The van der Waals surface area contributed by atoms with E-state index in [0.717, 1.165) is 0 Å². The SMILES string of the molecule is COC(=O)Cc1nn(CCC2OCCO2)c(=O)c2ccccc12. The Kier molecular flexibility index (Phi) is 4.68. The van der Waals surface area contributed by atoms with Crippen LogP contribution in [0.15, 0.2) is 29.1 Å². The third kappa shape index (κ3) is 3.40. The number of aryl methyl sites for hydroxylation is 1. The highest BCUT2D eigenvalue weighted by Crippen LogP contribution is 2.15. The Morgan fingerprint density at radius 3 is 2.70 bits per heavy atom. The van der Waals surface area contributed by atoms with Crippen molar-refractivity contribution in [3.8, 4) is 0 Å². The molecule has 0 amide bonds. The molecule has 3 rings (SSSR count). The zero-order valence-corrected chi connectivity index (χ0v) is 12.9. The summed E-state index contributed by atoms with van der Waals surface area (Å²) in [5, 5.41) is 5.55. The van der Waals surface area contributed by atoms with Gasteiger partial charge >= 0.3 is 5.97 Å². The summed E-state index contributed by atoms with van der Waals surface area (Å²) in [6.45, 7) is 1.50. The van der Waals surface area contributed by atoms with Crippen molar-refractivity contribution in [1.29, 1.82) is 0 Å². The van der Waals surface area contributed by atoms with Crippen LogP contribution in [-0.2, 0) is 32.0 Å². The number of hydrogen-bond acceptors (Lipinski definition) is 6. The van der Waals surface area contributed by atoms with Crippen LogP contribution in [0.4, 0.5) is 0 Å². The van der Waals surface area contributed by atoms with Crippen molar-refractivity contribution < 1.29 is 19.0 Å². The number of ether oxygens (including phenoxy) is 3. The minimum atomic E-state index is -0.393. The van der Waals surface area contributed by atoms with Crippen molar-refractivity contribution in [3.05, 3.63) is 40.3 Å². The summed E-state index contributed by atoms with van der Waals surface area (Å²) < 4.78 is 16.8. The van der Waals surface area contributed by atoms with E-state index in [1.807, 2.05) is 6.07 Å². The summed E-state index contributed by atoms with van der Waals surface area (Å²) in [6.07, 6.45) is 0.246. The van der Waals surface area contributed by atoms with E-state index in [1.165, 1.54) is 11.8 Å². The molecule has 2 aromatic rings. The second-order valence-corrected chi connectivity index (χ2v) is 5.23. The molecule has 0 unspecified atom stereocenters. The largest absolute Gasteiger partial charge is 0.469 e. The van der Waals surface area contributed by atoms with Gasteiger partial charge in [0.15, 0.2) is 6.29 Å². The molecule has 7 nitrogen and oxygen atoms in total. The van der Waals surface area contributed by atoms with Crippen LogP contribution in [0.1, 0.15) is 12.1 Å². The molecule has 1 aromatic heterocycles. The maximum Gasteiger partial charge on any atom is 0.311 e. The third-order valence-electron chi connectivity index (χ3n) is 3.75. The van der Waals surface area contributed by atoms with E-state index in [1.54, 1.807) is 18.2 Å². The fraction of sp³-hybridized carbons (Fsp3) is 0.438. The molecule has 7 heteroatoms. The number of rotatable bonds is 5. The predicted molar refractivity (Wildman–Crippen MR) is 82.0 cm³/mol. The van der Waals surface area contributed by atoms with Gasteiger partial charge in [-0.2, -0.15) is 5.10 Å². The van der Waals surface area contributed by atoms with E-state index in [2.05, 4.69) is 5.10 Å². The lowest BCUT2D eigenvalue weighted by atomic mass is 10.1. The Morgan fingerprint density at radius 2 is 2.00 bits per heavy atom. The molecule has 23 heavy (non-hydrogen) atoms. The summed E-state index contributed by atoms with van der Waals surface area (Å²) in [4.78, 5) is 24.1. The van der Waals surface area contributed by atoms with Gasteiger partial charge in [0, 0.05) is 18.4 Å². The second kappa shape index (κ2) is 6.89. The zero-order valence-electron chi connectivity index (χ0n) is 12.9. The zero-order chi connectivity index (χ0) is 16.2. The Bertz CT molecular complexity index is 765. The predicted octanol–water partition coefficient (Wildman–Crippen LogP) is 0.875. The lowest BCUT2D eigenvalue weighted by Gasteiger charge is -2.12. The number of nitrogens with zero attached hydrogens (tertiary/aromatic N) is 2. The van der Waals surface area contributed by atoms with Gasteiger partial charge in [-0.05, 0) is 6.07 Å². The van der Waals surface area contributed by atoms with Gasteiger partial charge in [0.25, 0.3) is 5.56 Å². The van der Waals surface area contributed by atoms with E-state index in [0.29, 0.717) is 42.6 Å². The van der Waals surface area contributed by atoms with Gasteiger partial charge in [-0.25, -0.2) is 4.68 Å². The van der Waals surface area contributed by atoms with Crippen LogP contribution in [0.3, 0.4) is 0 Å². The number of fused-ring (bicyclic) bond motifs is 1. The average Bonchev–Trinajstić information content (AvgIpc) is 3.09. The lowest BCUT2D eigenvalue weighted by Crippen LogP contribution is -2.27. The van der Waals surface area contributed by atoms with E-state index < -0.39 is 5.97 Å². The molecule has 1 aliphatic rings. The van der Waals surface area contributed by atoms with Crippen molar-refractivity contribution in [2.45, 2.75) is 25.7 Å². The molecule has 0 saturated carbocycles. The molecule has 0 radical (unpaired) electrons.